The Morgan fingerprint density at radius 3 is 2.50 bits per heavy atom. The van der Waals surface area contributed by atoms with E-state index in [9.17, 15) is 0 Å². The van der Waals surface area contributed by atoms with E-state index in [1.165, 1.54) is 24.0 Å². The summed E-state index contributed by atoms with van der Waals surface area (Å²) >= 11 is 0. The van der Waals surface area contributed by atoms with Crippen LogP contribution in [0.4, 0.5) is 0 Å². The van der Waals surface area contributed by atoms with Gasteiger partial charge in [-0.3, -0.25) is 0 Å². The Balaban J connectivity index is 2.18. The van der Waals surface area contributed by atoms with Crippen LogP contribution in [0.15, 0.2) is 35.9 Å². The molecule has 1 nitrogen and oxygen atoms in total. The molecule has 0 saturated heterocycles. The molecule has 0 aliphatic rings. The monoisotopic (exact) mass is 218 g/mol. The summed E-state index contributed by atoms with van der Waals surface area (Å²) in [5.74, 6) is 0. The van der Waals surface area contributed by atoms with Gasteiger partial charge in [-0.25, -0.2) is 0 Å². The summed E-state index contributed by atoms with van der Waals surface area (Å²) in [6, 6.07) is 8.77. The largest absolute Gasteiger partial charge is 0.392 e. The Kier molecular flexibility index (Phi) is 5.87. The van der Waals surface area contributed by atoms with Crippen LogP contribution in [0.3, 0.4) is 0 Å². The van der Waals surface area contributed by atoms with Crippen LogP contribution in [-0.2, 0) is 6.42 Å². The van der Waals surface area contributed by atoms with Crippen molar-refractivity contribution >= 4 is 0 Å². The second-order valence-electron chi connectivity index (χ2n) is 4.44. The summed E-state index contributed by atoms with van der Waals surface area (Å²) in [5.41, 5.74) is 3.83. The van der Waals surface area contributed by atoms with E-state index in [1.807, 2.05) is 6.92 Å². The first-order chi connectivity index (χ1) is 7.72. The summed E-state index contributed by atoms with van der Waals surface area (Å²) in [6.45, 7) is 4.28. The number of unbranched alkanes of at least 4 members (excludes halogenated alkanes) is 2. The zero-order valence-electron chi connectivity index (χ0n) is 10.4. The molecular formula is C15H22O. The maximum Gasteiger partial charge on any atom is 0.0639 e. The van der Waals surface area contributed by atoms with Crippen LogP contribution >= 0.6 is 0 Å². The maximum absolute atomic E-state index is 8.83. The summed E-state index contributed by atoms with van der Waals surface area (Å²) in [4.78, 5) is 0. The number of aliphatic hydroxyl groups is 1. The van der Waals surface area contributed by atoms with Crippen molar-refractivity contribution in [2.45, 2.75) is 39.5 Å². The molecule has 1 heteroatoms. The summed E-state index contributed by atoms with van der Waals surface area (Å²) < 4.78 is 0. The standard InChI is InChI=1S/C15H22O/c1-13-8-10-15(11-9-13)7-5-3-4-6-14(2)12-16/h6,8-11,16H,3-5,7,12H2,1-2H3/b14-6+. The van der Waals surface area contributed by atoms with Crippen molar-refractivity contribution in [2.24, 2.45) is 0 Å². The van der Waals surface area contributed by atoms with Gasteiger partial charge < -0.3 is 5.11 Å². The number of aliphatic hydroxyl groups excluding tert-OH is 1. The third-order valence-corrected chi connectivity index (χ3v) is 2.78. The molecule has 16 heavy (non-hydrogen) atoms. The first-order valence-electron chi connectivity index (χ1n) is 6.04. The minimum atomic E-state index is 0.192. The molecule has 1 aromatic rings. The molecule has 88 valence electrons. The molecule has 1 N–H and O–H groups in total. The second kappa shape index (κ2) is 7.24. The average Bonchev–Trinajstić information content (AvgIpc) is 2.31. The van der Waals surface area contributed by atoms with Gasteiger partial charge in [0.2, 0.25) is 0 Å². The van der Waals surface area contributed by atoms with Crippen molar-refractivity contribution in [3.8, 4) is 0 Å². The molecule has 1 rings (SSSR count). The van der Waals surface area contributed by atoms with E-state index in [1.54, 1.807) is 0 Å². The predicted molar refractivity (Wildman–Crippen MR) is 69.6 cm³/mol. The lowest BCUT2D eigenvalue weighted by Gasteiger charge is -2.01. The minimum absolute atomic E-state index is 0.192. The lowest BCUT2D eigenvalue weighted by atomic mass is 10.1. The molecule has 0 aliphatic carbocycles. The number of allylic oxidation sites excluding steroid dienone is 1. The number of hydrogen-bond acceptors (Lipinski definition) is 1. The van der Waals surface area contributed by atoms with Crippen LogP contribution in [0.25, 0.3) is 0 Å². The van der Waals surface area contributed by atoms with Crippen LogP contribution in [0, 0.1) is 6.92 Å². The van der Waals surface area contributed by atoms with Gasteiger partial charge in [0.05, 0.1) is 6.61 Å². The summed E-state index contributed by atoms with van der Waals surface area (Å²) in [7, 11) is 0. The van der Waals surface area contributed by atoms with Gasteiger partial charge in [0.1, 0.15) is 0 Å². The number of aryl methyl sites for hydroxylation is 2. The molecule has 0 fully saturated rings. The van der Waals surface area contributed by atoms with Crippen LogP contribution in [0.2, 0.25) is 0 Å². The van der Waals surface area contributed by atoms with Gasteiger partial charge in [-0.05, 0) is 45.1 Å². The minimum Gasteiger partial charge on any atom is -0.392 e. The van der Waals surface area contributed by atoms with E-state index in [2.05, 4.69) is 37.3 Å². The zero-order chi connectivity index (χ0) is 11.8. The fraction of sp³-hybridized carbons (Fsp3) is 0.467. The Morgan fingerprint density at radius 1 is 1.19 bits per heavy atom. The second-order valence-corrected chi connectivity index (χ2v) is 4.44. The van der Waals surface area contributed by atoms with Gasteiger partial charge in [0.25, 0.3) is 0 Å². The highest BCUT2D eigenvalue weighted by Gasteiger charge is 1.93. The molecule has 0 aliphatic heterocycles. The van der Waals surface area contributed by atoms with E-state index in [0.29, 0.717) is 0 Å². The first kappa shape index (κ1) is 13.0. The van der Waals surface area contributed by atoms with Gasteiger partial charge >= 0.3 is 0 Å². The molecule has 0 aromatic heterocycles. The van der Waals surface area contributed by atoms with Crippen molar-refractivity contribution in [3.05, 3.63) is 47.0 Å². The third kappa shape index (κ3) is 5.13. The first-order valence-corrected chi connectivity index (χ1v) is 6.04. The fourth-order valence-corrected chi connectivity index (χ4v) is 1.64. The number of benzene rings is 1. The lowest BCUT2D eigenvalue weighted by Crippen LogP contribution is -1.87. The van der Waals surface area contributed by atoms with Gasteiger partial charge in [0, 0.05) is 0 Å². The number of hydrogen-bond donors (Lipinski definition) is 1. The van der Waals surface area contributed by atoms with Crippen LogP contribution < -0.4 is 0 Å². The highest BCUT2D eigenvalue weighted by Crippen LogP contribution is 2.09. The van der Waals surface area contributed by atoms with Gasteiger partial charge in [0.15, 0.2) is 0 Å². The Labute approximate surface area is 98.8 Å². The maximum atomic E-state index is 8.83. The highest BCUT2D eigenvalue weighted by atomic mass is 16.3. The Hall–Kier alpha value is -1.08. The van der Waals surface area contributed by atoms with Crippen LogP contribution in [0.5, 0.6) is 0 Å². The molecule has 0 atom stereocenters. The van der Waals surface area contributed by atoms with E-state index >= 15 is 0 Å². The van der Waals surface area contributed by atoms with Crippen LogP contribution in [-0.4, -0.2) is 11.7 Å². The van der Waals surface area contributed by atoms with E-state index < -0.39 is 0 Å². The molecule has 0 radical (unpaired) electrons. The topological polar surface area (TPSA) is 20.2 Å². The molecule has 0 amide bonds. The molecular weight excluding hydrogens is 196 g/mol. The fourth-order valence-electron chi connectivity index (χ4n) is 1.64. The Morgan fingerprint density at radius 2 is 1.88 bits per heavy atom. The number of rotatable bonds is 6. The molecule has 0 saturated carbocycles. The summed E-state index contributed by atoms with van der Waals surface area (Å²) in [6.07, 6.45) is 6.79. The zero-order valence-corrected chi connectivity index (χ0v) is 10.4. The summed E-state index contributed by atoms with van der Waals surface area (Å²) in [5, 5.41) is 8.83. The average molecular weight is 218 g/mol. The van der Waals surface area contributed by atoms with E-state index in [0.717, 1.165) is 18.4 Å². The smallest absolute Gasteiger partial charge is 0.0639 e. The van der Waals surface area contributed by atoms with Crippen molar-refractivity contribution in [3.63, 3.8) is 0 Å². The SMILES string of the molecule is C/C(=C\CCCCc1ccc(C)cc1)CO. The van der Waals surface area contributed by atoms with Crippen molar-refractivity contribution in [1.29, 1.82) is 0 Å². The molecule has 0 unspecified atom stereocenters. The predicted octanol–water partition coefficient (Wildman–Crippen LogP) is 3.65. The molecule has 0 heterocycles. The van der Waals surface area contributed by atoms with E-state index in [4.69, 9.17) is 5.11 Å². The van der Waals surface area contributed by atoms with Crippen molar-refractivity contribution in [2.75, 3.05) is 6.61 Å². The third-order valence-electron chi connectivity index (χ3n) is 2.78. The van der Waals surface area contributed by atoms with Gasteiger partial charge in [-0.2, -0.15) is 0 Å². The molecule has 0 spiro atoms. The normalized spacial score (nSPS) is 11.8. The quantitative estimate of drug-likeness (QED) is 0.571. The molecule has 0 bridgehead atoms. The van der Waals surface area contributed by atoms with Gasteiger partial charge in [-0.15, -0.1) is 0 Å². The van der Waals surface area contributed by atoms with Gasteiger partial charge in [-0.1, -0.05) is 41.5 Å². The van der Waals surface area contributed by atoms with Crippen molar-refractivity contribution in [1.82, 2.24) is 0 Å². The van der Waals surface area contributed by atoms with Crippen molar-refractivity contribution < 1.29 is 5.11 Å². The van der Waals surface area contributed by atoms with Crippen LogP contribution in [0.1, 0.15) is 37.3 Å². The highest BCUT2D eigenvalue weighted by molar-refractivity contribution is 5.21. The molecule has 1 aromatic carbocycles. The Bertz CT molecular complexity index is 322. The van der Waals surface area contributed by atoms with E-state index in [-0.39, 0.29) is 6.61 Å². The lowest BCUT2D eigenvalue weighted by molar-refractivity contribution is 0.331.